The SMILES string of the molecule is COc1ccc(C)cc1C(=O)O[C@@H](C)C(=O)c1c(C)[nH]c2ccccc12. The van der Waals surface area contributed by atoms with E-state index in [0.29, 0.717) is 16.9 Å². The van der Waals surface area contributed by atoms with Crippen LogP contribution in [0.3, 0.4) is 0 Å². The van der Waals surface area contributed by atoms with Crippen LogP contribution in [0, 0.1) is 13.8 Å². The van der Waals surface area contributed by atoms with Crippen molar-refractivity contribution in [3.63, 3.8) is 0 Å². The quantitative estimate of drug-likeness (QED) is 0.552. The Balaban J connectivity index is 1.87. The molecule has 2 aromatic carbocycles. The summed E-state index contributed by atoms with van der Waals surface area (Å²) in [4.78, 5) is 28.6. The molecule has 1 heterocycles. The number of para-hydroxylation sites is 1. The van der Waals surface area contributed by atoms with Gasteiger partial charge in [0.05, 0.1) is 7.11 Å². The van der Waals surface area contributed by atoms with Gasteiger partial charge in [0.15, 0.2) is 6.10 Å². The predicted octanol–water partition coefficient (Wildman–Crippen LogP) is 4.22. The van der Waals surface area contributed by atoms with Gasteiger partial charge in [0.1, 0.15) is 11.3 Å². The minimum Gasteiger partial charge on any atom is -0.496 e. The van der Waals surface area contributed by atoms with Crippen molar-refractivity contribution in [1.29, 1.82) is 0 Å². The van der Waals surface area contributed by atoms with E-state index in [2.05, 4.69) is 4.98 Å². The van der Waals surface area contributed by atoms with Crippen LogP contribution < -0.4 is 4.74 Å². The van der Waals surface area contributed by atoms with E-state index in [1.807, 2.05) is 44.2 Å². The van der Waals surface area contributed by atoms with Crippen LogP contribution >= 0.6 is 0 Å². The average Bonchev–Trinajstić information content (AvgIpc) is 2.96. The standard InChI is InChI=1S/C21H21NO4/c1-12-9-10-18(25-4)16(11-12)21(24)26-14(3)20(23)19-13(2)22-17-8-6-5-7-15(17)19/h5-11,14,22H,1-4H3/t14-/m0/s1. The number of rotatable bonds is 5. The Morgan fingerprint density at radius 2 is 1.81 bits per heavy atom. The minimum absolute atomic E-state index is 0.236. The number of fused-ring (bicyclic) bond motifs is 1. The van der Waals surface area contributed by atoms with Crippen LogP contribution in [0.2, 0.25) is 0 Å². The molecule has 5 nitrogen and oxygen atoms in total. The Kier molecular flexibility index (Phi) is 4.80. The Morgan fingerprint density at radius 1 is 1.08 bits per heavy atom. The Bertz CT molecular complexity index is 987. The first kappa shape index (κ1) is 17.7. The first-order valence-electron chi connectivity index (χ1n) is 8.39. The molecule has 0 radical (unpaired) electrons. The molecule has 1 aromatic heterocycles. The molecule has 0 amide bonds. The van der Waals surface area contributed by atoms with Crippen LogP contribution in [0.25, 0.3) is 10.9 Å². The van der Waals surface area contributed by atoms with Crippen LogP contribution in [0.5, 0.6) is 5.75 Å². The highest BCUT2D eigenvalue weighted by atomic mass is 16.5. The van der Waals surface area contributed by atoms with E-state index in [9.17, 15) is 9.59 Å². The monoisotopic (exact) mass is 351 g/mol. The van der Waals surface area contributed by atoms with Gasteiger partial charge >= 0.3 is 5.97 Å². The van der Waals surface area contributed by atoms with Crippen LogP contribution in [0.4, 0.5) is 0 Å². The number of aryl methyl sites for hydroxylation is 2. The number of aromatic amines is 1. The highest BCUT2D eigenvalue weighted by Gasteiger charge is 2.26. The average molecular weight is 351 g/mol. The second kappa shape index (κ2) is 7.04. The van der Waals surface area contributed by atoms with Crippen molar-refractivity contribution in [2.45, 2.75) is 26.9 Å². The third-order valence-corrected chi connectivity index (χ3v) is 4.37. The summed E-state index contributed by atoms with van der Waals surface area (Å²) in [6.45, 7) is 5.30. The van der Waals surface area contributed by atoms with Crippen molar-refractivity contribution in [3.05, 3.63) is 64.8 Å². The Morgan fingerprint density at radius 3 is 2.54 bits per heavy atom. The number of H-pyrrole nitrogens is 1. The second-order valence-electron chi connectivity index (χ2n) is 6.29. The molecule has 0 aliphatic carbocycles. The van der Waals surface area contributed by atoms with Gasteiger partial charge < -0.3 is 14.5 Å². The fourth-order valence-corrected chi connectivity index (χ4v) is 3.06. The number of aromatic nitrogens is 1. The molecule has 0 saturated carbocycles. The van der Waals surface area contributed by atoms with Crippen LogP contribution in [-0.4, -0.2) is 30.0 Å². The molecule has 1 atom stereocenters. The van der Waals surface area contributed by atoms with Gasteiger partial charge in [-0.2, -0.15) is 0 Å². The van der Waals surface area contributed by atoms with Gasteiger partial charge in [-0.25, -0.2) is 4.79 Å². The predicted molar refractivity (Wildman–Crippen MR) is 100.0 cm³/mol. The van der Waals surface area contributed by atoms with Crippen molar-refractivity contribution in [2.24, 2.45) is 0 Å². The number of benzene rings is 2. The molecule has 0 unspecified atom stereocenters. The molecule has 5 heteroatoms. The van der Waals surface area contributed by atoms with E-state index >= 15 is 0 Å². The molecule has 0 saturated heterocycles. The van der Waals surface area contributed by atoms with Gasteiger partial charge in [0, 0.05) is 22.2 Å². The maximum Gasteiger partial charge on any atom is 0.342 e. The number of hydrogen-bond acceptors (Lipinski definition) is 4. The zero-order valence-corrected chi connectivity index (χ0v) is 15.3. The first-order valence-corrected chi connectivity index (χ1v) is 8.39. The van der Waals surface area contributed by atoms with Crippen molar-refractivity contribution in [1.82, 2.24) is 4.98 Å². The van der Waals surface area contributed by atoms with E-state index in [1.54, 1.807) is 19.1 Å². The second-order valence-corrected chi connectivity index (χ2v) is 6.29. The molecule has 3 aromatic rings. The van der Waals surface area contributed by atoms with E-state index in [0.717, 1.165) is 22.2 Å². The summed E-state index contributed by atoms with van der Waals surface area (Å²) >= 11 is 0. The minimum atomic E-state index is -0.911. The normalized spacial score (nSPS) is 12.0. The Hall–Kier alpha value is -3.08. The van der Waals surface area contributed by atoms with Crippen LogP contribution in [0.15, 0.2) is 42.5 Å². The smallest absolute Gasteiger partial charge is 0.342 e. The molecule has 0 spiro atoms. The van der Waals surface area contributed by atoms with E-state index in [1.165, 1.54) is 7.11 Å². The lowest BCUT2D eigenvalue weighted by molar-refractivity contribution is 0.0316. The number of carbonyl (C=O) groups excluding carboxylic acids is 2. The summed E-state index contributed by atoms with van der Waals surface area (Å²) < 4.78 is 10.7. The molecule has 0 bridgehead atoms. The van der Waals surface area contributed by atoms with Gasteiger partial charge in [-0.1, -0.05) is 29.8 Å². The van der Waals surface area contributed by atoms with Crippen molar-refractivity contribution >= 4 is 22.7 Å². The number of ether oxygens (including phenoxy) is 2. The van der Waals surface area contributed by atoms with E-state index in [-0.39, 0.29) is 5.78 Å². The van der Waals surface area contributed by atoms with Gasteiger partial charge in [0.2, 0.25) is 5.78 Å². The molecule has 3 rings (SSSR count). The summed E-state index contributed by atoms with van der Waals surface area (Å²) in [6.07, 6.45) is -0.911. The summed E-state index contributed by atoms with van der Waals surface area (Å²) in [5.41, 5.74) is 3.41. The number of carbonyl (C=O) groups is 2. The van der Waals surface area contributed by atoms with Crippen molar-refractivity contribution < 1.29 is 19.1 Å². The molecule has 1 N–H and O–H groups in total. The van der Waals surface area contributed by atoms with Gasteiger partial charge in [-0.05, 0) is 39.0 Å². The Labute approximate surface area is 151 Å². The maximum absolute atomic E-state index is 12.9. The van der Waals surface area contributed by atoms with Crippen LogP contribution in [0.1, 0.15) is 38.9 Å². The lowest BCUT2D eigenvalue weighted by Gasteiger charge is -2.14. The van der Waals surface area contributed by atoms with E-state index < -0.39 is 12.1 Å². The third-order valence-electron chi connectivity index (χ3n) is 4.37. The number of esters is 1. The van der Waals surface area contributed by atoms with Gasteiger partial charge in [-0.3, -0.25) is 4.79 Å². The van der Waals surface area contributed by atoms with Crippen molar-refractivity contribution in [2.75, 3.05) is 7.11 Å². The topological polar surface area (TPSA) is 68.4 Å². The summed E-state index contributed by atoms with van der Waals surface area (Å²) in [5.74, 6) is -0.396. The largest absolute Gasteiger partial charge is 0.496 e. The first-order chi connectivity index (χ1) is 12.4. The van der Waals surface area contributed by atoms with Crippen molar-refractivity contribution in [3.8, 4) is 5.75 Å². The van der Waals surface area contributed by atoms with Crippen LogP contribution in [-0.2, 0) is 4.74 Å². The molecule has 26 heavy (non-hydrogen) atoms. The molecule has 0 aliphatic rings. The zero-order chi connectivity index (χ0) is 18.8. The molecular formula is C21H21NO4. The molecule has 0 fully saturated rings. The molecular weight excluding hydrogens is 330 g/mol. The lowest BCUT2D eigenvalue weighted by atomic mass is 10.0. The fourth-order valence-electron chi connectivity index (χ4n) is 3.06. The van der Waals surface area contributed by atoms with Gasteiger partial charge in [0.25, 0.3) is 0 Å². The third kappa shape index (κ3) is 3.20. The fraction of sp³-hybridized carbons (Fsp3) is 0.238. The highest BCUT2D eigenvalue weighted by molar-refractivity contribution is 6.11. The van der Waals surface area contributed by atoms with Gasteiger partial charge in [-0.15, -0.1) is 0 Å². The molecule has 134 valence electrons. The zero-order valence-electron chi connectivity index (χ0n) is 15.3. The summed E-state index contributed by atoms with van der Waals surface area (Å²) in [6, 6.07) is 12.8. The maximum atomic E-state index is 12.9. The number of hydrogen-bond donors (Lipinski definition) is 1. The lowest BCUT2D eigenvalue weighted by Crippen LogP contribution is -2.25. The number of ketones is 1. The van der Waals surface area contributed by atoms with E-state index in [4.69, 9.17) is 9.47 Å². The highest BCUT2D eigenvalue weighted by Crippen LogP contribution is 2.25. The number of nitrogens with one attached hydrogen (secondary N) is 1. The summed E-state index contributed by atoms with van der Waals surface area (Å²) in [5, 5.41) is 0.825. The number of methoxy groups -OCH3 is 1. The molecule has 0 aliphatic heterocycles. The number of Topliss-reactive ketones (excluding diaryl/α,β-unsaturated/α-hetero) is 1. The summed E-state index contributed by atoms with van der Waals surface area (Å²) in [7, 11) is 1.49.